The number of nitrogens with one attached hydrogen (secondary N) is 1. The van der Waals surface area contributed by atoms with Gasteiger partial charge in [-0.15, -0.1) is 5.10 Å². The highest BCUT2D eigenvalue weighted by atomic mass is 16.5. The van der Waals surface area contributed by atoms with Crippen LogP contribution in [0.15, 0.2) is 48.5 Å². The molecular weight excluding hydrogens is 330 g/mol. The molecule has 3 aromatic rings. The molecule has 0 aliphatic carbocycles. The van der Waals surface area contributed by atoms with Gasteiger partial charge < -0.3 is 4.74 Å². The summed E-state index contributed by atoms with van der Waals surface area (Å²) < 4.78 is 7.01. The zero-order valence-electron chi connectivity index (χ0n) is 14.4. The van der Waals surface area contributed by atoms with Crippen LogP contribution in [0.25, 0.3) is 5.69 Å². The monoisotopic (exact) mass is 347 g/mol. The highest BCUT2D eigenvalue weighted by molar-refractivity contribution is 5.90. The summed E-state index contributed by atoms with van der Waals surface area (Å²) in [6.07, 6.45) is 0. The minimum Gasteiger partial charge on any atom is -0.484 e. The second-order valence-corrected chi connectivity index (χ2v) is 5.71. The van der Waals surface area contributed by atoms with Gasteiger partial charge in [-0.1, -0.05) is 12.1 Å². The van der Waals surface area contributed by atoms with E-state index in [0.717, 1.165) is 5.56 Å². The summed E-state index contributed by atoms with van der Waals surface area (Å²) in [6, 6.07) is 16.4. The SMILES string of the molecule is Cc1cccc(OCC(=O)Nc2nc(C)nn2-c2ccc(C#N)cc2)c1. The molecular formula is C19H17N5O2. The predicted octanol–water partition coefficient (Wildman–Crippen LogP) is 2.77. The van der Waals surface area contributed by atoms with Gasteiger partial charge in [0.15, 0.2) is 6.61 Å². The molecule has 1 heterocycles. The Morgan fingerprint density at radius 3 is 2.69 bits per heavy atom. The lowest BCUT2D eigenvalue weighted by Gasteiger charge is -2.09. The third-order valence-electron chi connectivity index (χ3n) is 3.56. The Balaban J connectivity index is 1.71. The van der Waals surface area contributed by atoms with Gasteiger partial charge >= 0.3 is 0 Å². The van der Waals surface area contributed by atoms with Crippen molar-refractivity contribution in [1.29, 1.82) is 5.26 Å². The number of carbonyl (C=O) groups excluding carboxylic acids is 1. The number of aryl methyl sites for hydroxylation is 2. The number of aromatic nitrogens is 3. The number of hydrogen-bond donors (Lipinski definition) is 1. The highest BCUT2D eigenvalue weighted by Gasteiger charge is 2.13. The number of hydrogen-bond acceptors (Lipinski definition) is 5. The van der Waals surface area contributed by atoms with Crippen LogP contribution in [0.5, 0.6) is 5.75 Å². The maximum absolute atomic E-state index is 12.2. The first-order chi connectivity index (χ1) is 12.5. The fraction of sp³-hybridized carbons (Fsp3) is 0.158. The molecule has 0 aliphatic rings. The molecule has 0 saturated heterocycles. The number of carbonyl (C=O) groups is 1. The fourth-order valence-corrected chi connectivity index (χ4v) is 2.37. The number of rotatable bonds is 5. The number of nitriles is 1. The molecule has 0 spiro atoms. The summed E-state index contributed by atoms with van der Waals surface area (Å²) >= 11 is 0. The van der Waals surface area contributed by atoms with Crippen molar-refractivity contribution < 1.29 is 9.53 Å². The van der Waals surface area contributed by atoms with Gasteiger partial charge in [0.25, 0.3) is 5.91 Å². The summed E-state index contributed by atoms with van der Waals surface area (Å²) in [4.78, 5) is 16.4. The Morgan fingerprint density at radius 2 is 2.00 bits per heavy atom. The molecule has 7 heteroatoms. The largest absolute Gasteiger partial charge is 0.484 e. The number of benzene rings is 2. The van der Waals surface area contributed by atoms with E-state index >= 15 is 0 Å². The van der Waals surface area contributed by atoms with Crippen molar-refractivity contribution in [3.05, 3.63) is 65.5 Å². The van der Waals surface area contributed by atoms with E-state index in [1.807, 2.05) is 25.1 Å². The highest BCUT2D eigenvalue weighted by Crippen LogP contribution is 2.15. The molecule has 0 bridgehead atoms. The van der Waals surface area contributed by atoms with Crippen molar-refractivity contribution in [2.24, 2.45) is 0 Å². The fourth-order valence-electron chi connectivity index (χ4n) is 2.37. The van der Waals surface area contributed by atoms with E-state index in [-0.39, 0.29) is 12.5 Å². The van der Waals surface area contributed by atoms with Gasteiger partial charge in [0.05, 0.1) is 17.3 Å². The van der Waals surface area contributed by atoms with E-state index in [1.165, 1.54) is 4.68 Å². The summed E-state index contributed by atoms with van der Waals surface area (Å²) in [5, 5.41) is 15.9. The maximum atomic E-state index is 12.2. The number of amides is 1. The molecule has 0 atom stereocenters. The van der Waals surface area contributed by atoms with E-state index in [1.54, 1.807) is 37.3 Å². The topological polar surface area (TPSA) is 92.8 Å². The lowest BCUT2D eigenvalue weighted by Crippen LogP contribution is -2.22. The van der Waals surface area contributed by atoms with Crippen molar-refractivity contribution in [2.45, 2.75) is 13.8 Å². The number of ether oxygens (including phenoxy) is 1. The molecule has 1 aromatic heterocycles. The third-order valence-corrected chi connectivity index (χ3v) is 3.56. The van der Waals surface area contributed by atoms with Crippen LogP contribution in [0.3, 0.4) is 0 Å². The normalized spacial score (nSPS) is 10.2. The van der Waals surface area contributed by atoms with E-state index in [2.05, 4.69) is 21.5 Å². The van der Waals surface area contributed by atoms with Crippen LogP contribution in [-0.2, 0) is 4.79 Å². The van der Waals surface area contributed by atoms with Crippen LogP contribution in [0, 0.1) is 25.2 Å². The Bertz CT molecular complexity index is 970. The second-order valence-electron chi connectivity index (χ2n) is 5.71. The molecule has 0 unspecified atom stereocenters. The Morgan fingerprint density at radius 1 is 1.23 bits per heavy atom. The van der Waals surface area contributed by atoms with Crippen molar-refractivity contribution in [2.75, 3.05) is 11.9 Å². The molecule has 1 amide bonds. The lowest BCUT2D eigenvalue weighted by atomic mass is 10.2. The van der Waals surface area contributed by atoms with Crippen LogP contribution < -0.4 is 10.1 Å². The molecule has 3 rings (SSSR count). The van der Waals surface area contributed by atoms with E-state index < -0.39 is 0 Å². The van der Waals surface area contributed by atoms with E-state index in [4.69, 9.17) is 10.00 Å². The van der Waals surface area contributed by atoms with Gasteiger partial charge in [-0.05, 0) is 55.8 Å². The van der Waals surface area contributed by atoms with Crippen molar-refractivity contribution in [3.8, 4) is 17.5 Å². The number of anilines is 1. The summed E-state index contributed by atoms with van der Waals surface area (Å²) in [5.74, 6) is 1.10. The maximum Gasteiger partial charge on any atom is 0.264 e. The molecule has 0 fully saturated rings. The standard InChI is InChI=1S/C19H17N5O2/c1-13-4-3-5-17(10-13)26-12-18(25)22-19-21-14(2)23-24(19)16-8-6-15(11-20)7-9-16/h3-10H,12H2,1-2H3,(H,21,22,23,25). The molecule has 130 valence electrons. The van der Waals surface area contributed by atoms with Gasteiger partial charge in [0.2, 0.25) is 5.95 Å². The van der Waals surface area contributed by atoms with Gasteiger partial charge in [0, 0.05) is 0 Å². The Hall–Kier alpha value is -3.66. The first-order valence-electron chi connectivity index (χ1n) is 7.98. The first kappa shape index (κ1) is 17.2. The average molecular weight is 347 g/mol. The molecule has 0 aliphatic heterocycles. The van der Waals surface area contributed by atoms with Crippen molar-refractivity contribution in [1.82, 2.24) is 14.8 Å². The summed E-state index contributed by atoms with van der Waals surface area (Å²) in [7, 11) is 0. The second kappa shape index (κ2) is 7.49. The van der Waals surface area contributed by atoms with E-state index in [0.29, 0.717) is 28.8 Å². The summed E-state index contributed by atoms with van der Waals surface area (Å²) in [5.41, 5.74) is 2.29. The lowest BCUT2D eigenvalue weighted by molar-refractivity contribution is -0.118. The summed E-state index contributed by atoms with van der Waals surface area (Å²) in [6.45, 7) is 3.55. The van der Waals surface area contributed by atoms with Crippen LogP contribution in [0.1, 0.15) is 17.0 Å². The molecule has 0 saturated carbocycles. The third kappa shape index (κ3) is 4.05. The van der Waals surface area contributed by atoms with Gasteiger partial charge in [0.1, 0.15) is 11.6 Å². The van der Waals surface area contributed by atoms with E-state index in [9.17, 15) is 4.79 Å². The predicted molar refractivity (Wildman–Crippen MR) is 96.1 cm³/mol. The van der Waals surface area contributed by atoms with Gasteiger partial charge in [-0.2, -0.15) is 14.9 Å². The minimum atomic E-state index is -0.339. The first-order valence-corrected chi connectivity index (χ1v) is 7.98. The quantitative estimate of drug-likeness (QED) is 0.766. The molecule has 7 nitrogen and oxygen atoms in total. The molecule has 1 N–H and O–H groups in total. The zero-order valence-corrected chi connectivity index (χ0v) is 14.4. The molecule has 26 heavy (non-hydrogen) atoms. The van der Waals surface area contributed by atoms with Gasteiger partial charge in [-0.3, -0.25) is 10.1 Å². The zero-order chi connectivity index (χ0) is 18.5. The Kier molecular flexibility index (Phi) is 4.94. The van der Waals surface area contributed by atoms with Crippen molar-refractivity contribution in [3.63, 3.8) is 0 Å². The van der Waals surface area contributed by atoms with Crippen LogP contribution in [0.2, 0.25) is 0 Å². The van der Waals surface area contributed by atoms with Crippen LogP contribution in [0.4, 0.5) is 5.95 Å². The Labute approximate surface area is 150 Å². The van der Waals surface area contributed by atoms with Crippen molar-refractivity contribution >= 4 is 11.9 Å². The average Bonchev–Trinajstić information content (AvgIpc) is 3.00. The molecule has 0 radical (unpaired) electrons. The van der Waals surface area contributed by atoms with Gasteiger partial charge in [-0.25, -0.2) is 0 Å². The minimum absolute atomic E-state index is 0.136. The molecule has 2 aromatic carbocycles. The van der Waals surface area contributed by atoms with Crippen LogP contribution >= 0.6 is 0 Å². The number of nitrogens with zero attached hydrogens (tertiary/aromatic N) is 4. The van der Waals surface area contributed by atoms with Crippen LogP contribution in [-0.4, -0.2) is 27.3 Å². The smallest absolute Gasteiger partial charge is 0.264 e.